The van der Waals surface area contributed by atoms with Crippen LogP contribution in [0.25, 0.3) is 0 Å². The maximum Gasteiger partial charge on any atom is 0.0415 e. The van der Waals surface area contributed by atoms with Gasteiger partial charge >= 0.3 is 0 Å². The van der Waals surface area contributed by atoms with Gasteiger partial charge in [-0.2, -0.15) is 0 Å². The van der Waals surface area contributed by atoms with Gasteiger partial charge in [0, 0.05) is 29.3 Å². The van der Waals surface area contributed by atoms with Crippen molar-refractivity contribution in [3.05, 3.63) is 28.2 Å². The molecule has 1 aliphatic heterocycles. The van der Waals surface area contributed by atoms with Crippen LogP contribution >= 0.6 is 15.9 Å². The zero-order valence-corrected chi connectivity index (χ0v) is 12.2. The summed E-state index contributed by atoms with van der Waals surface area (Å²) in [5.74, 6) is 0.778. The normalized spacial score (nSPS) is 25.1. The Labute approximate surface area is 112 Å². The molecular formula is C14H21BrN2. The van der Waals surface area contributed by atoms with Crippen molar-refractivity contribution in [2.75, 3.05) is 11.4 Å². The second-order valence-electron chi connectivity index (χ2n) is 5.16. The fourth-order valence-electron chi connectivity index (χ4n) is 2.62. The molecule has 1 aromatic rings. The van der Waals surface area contributed by atoms with E-state index in [4.69, 9.17) is 5.73 Å². The molecular weight excluding hydrogens is 276 g/mol. The molecule has 3 heteroatoms. The summed E-state index contributed by atoms with van der Waals surface area (Å²) in [6.07, 6.45) is 2.62. The average Bonchev–Trinajstić information content (AvgIpc) is 2.32. The first-order valence-electron chi connectivity index (χ1n) is 6.37. The molecule has 2 nitrogen and oxygen atoms in total. The Morgan fingerprint density at radius 2 is 2.12 bits per heavy atom. The number of nitrogens with zero attached hydrogens (tertiary/aromatic N) is 1. The van der Waals surface area contributed by atoms with Crippen molar-refractivity contribution in [2.24, 2.45) is 11.7 Å². The van der Waals surface area contributed by atoms with E-state index in [9.17, 15) is 0 Å². The van der Waals surface area contributed by atoms with Crippen LogP contribution in [0.15, 0.2) is 22.7 Å². The summed E-state index contributed by atoms with van der Waals surface area (Å²) in [6, 6.07) is 7.07. The summed E-state index contributed by atoms with van der Waals surface area (Å²) in [4.78, 5) is 2.52. The number of rotatable bonds is 2. The number of hydrogen-bond donors (Lipinski definition) is 1. The third kappa shape index (κ3) is 2.83. The maximum atomic E-state index is 5.86. The molecule has 0 radical (unpaired) electrons. The lowest BCUT2D eigenvalue weighted by Gasteiger charge is -2.39. The molecule has 0 bridgehead atoms. The predicted molar refractivity (Wildman–Crippen MR) is 77.2 cm³/mol. The summed E-state index contributed by atoms with van der Waals surface area (Å²) < 4.78 is 1.11. The largest absolute Gasteiger partial charge is 0.368 e. The second-order valence-corrected chi connectivity index (χ2v) is 6.08. The highest BCUT2D eigenvalue weighted by Crippen LogP contribution is 2.31. The van der Waals surface area contributed by atoms with Gasteiger partial charge in [0.15, 0.2) is 0 Å². The Balaban J connectivity index is 2.31. The molecule has 1 aromatic carbocycles. The number of benzene rings is 1. The van der Waals surface area contributed by atoms with E-state index in [2.05, 4.69) is 52.9 Å². The van der Waals surface area contributed by atoms with E-state index in [1.165, 1.54) is 24.1 Å². The molecule has 17 heavy (non-hydrogen) atoms. The average molecular weight is 297 g/mol. The summed E-state index contributed by atoms with van der Waals surface area (Å²) in [6.45, 7) is 6.40. The number of hydrogen-bond acceptors (Lipinski definition) is 2. The molecule has 0 amide bonds. The Bertz CT molecular complexity index is 392. The summed E-state index contributed by atoms with van der Waals surface area (Å²) in [5, 5.41) is 0. The zero-order chi connectivity index (χ0) is 12.4. The zero-order valence-electron chi connectivity index (χ0n) is 10.6. The van der Waals surface area contributed by atoms with Gasteiger partial charge < -0.3 is 10.6 Å². The fraction of sp³-hybridized carbons (Fsp3) is 0.571. The van der Waals surface area contributed by atoms with Crippen LogP contribution in [0.3, 0.4) is 0 Å². The summed E-state index contributed by atoms with van der Waals surface area (Å²) in [7, 11) is 0. The Morgan fingerprint density at radius 3 is 2.82 bits per heavy atom. The van der Waals surface area contributed by atoms with Crippen molar-refractivity contribution < 1.29 is 0 Å². The van der Waals surface area contributed by atoms with Crippen molar-refractivity contribution in [2.45, 2.75) is 39.3 Å². The predicted octanol–water partition coefficient (Wildman–Crippen LogP) is 3.53. The van der Waals surface area contributed by atoms with Crippen LogP contribution in [0.4, 0.5) is 5.69 Å². The van der Waals surface area contributed by atoms with E-state index < -0.39 is 0 Å². The first-order valence-corrected chi connectivity index (χ1v) is 7.16. The molecule has 0 aliphatic carbocycles. The molecule has 0 spiro atoms. The highest BCUT2D eigenvalue weighted by atomic mass is 79.9. The summed E-state index contributed by atoms with van der Waals surface area (Å²) >= 11 is 3.51. The minimum atomic E-state index is 0.604. The third-order valence-electron chi connectivity index (χ3n) is 3.69. The van der Waals surface area contributed by atoms with Crippen molar-refractivity contribution in [3.8, 4) is 0 Å². The first kappa shape index (κ1) is 12.9. The first-order chi connectivity index (χ1) is 8.11. The van der Waals surface area contributed by atoms with Gasteiger partial charge in [-0.3, -0.25) is 0 Å². The van der Waals surface area contributed by atoms with E-state index in [1.54, 1.807) is 0 Å². The molecule has 2 N–H and O–H groups in total. The molecule has 1 heterocycles. The third-order valence-corrected chi connectivity index (χ3v) is 4.18. The Kier molecular flexibility index (Phi) is 4.10. The topological polar surface area (TPSA) is 29.3 Å². The number of nitrogens with two attached hydrogens (primary N) is 1. The number of halogens is 1. The Hall–Kier alpha value is -0.540. The summed E-state index contributed by atoms with van der Waals surface area (Å²) in [5.41, 5.74) is 8.41. The van der Waals surface area contributed by atoms with E-state index in [1.807, 2.05) is 0 Å². The number of piperidine rings is 1. The monoisotopic (exact) mass is 296 g/mol. The van der Waals surface area contributed by atoms with Gasteiger partial charge in [0.2, 0.25) is 0 Å². The molecule has 1 saturated heterocycles. The maximum absolute atomic E-state index is 5.86. The standard InChI is InChI=1S/C14H21BrN2/c1-10-3-4-11(2)17(9-10)14-6-5-13(15)7-12(14)8-16/h5-7,10-11H,3-4,8-9,16H2,1-2H3. The van der Waals surface area contributed by atoms with E-state index in [0.29, 0.717) is 12.6 Å². The van der Waals surface area contributed by atoms with Crippen molar-refractivity contribution >= 4 is 21.6 Å². The van der Waals surface area contributed by atoms with Gasteiger partial charge in [-0.05, 0) is 49.4 Å². The van der Waals surface area contributed by atoms with E-state index in [-0.39, 0.29) is 0 Å². The van der Waals surface area contributed by atoms with Gasteiger partial charge in [-0.15, -0.1) is 0 Å². The van der Waals surface area contributed by atoms with Crippen molar-refractivity contribution in [1.82, 2.24) is 0 Å². The molecule has 2 rings (SSSR count). The van der Waals surface area contributed by atoms with Crippen LogP contribution in [0, 0.1) is 5.92 Å². The quantitative estimate of drug-likeness (QED) is 0.905. The lowest BCUT2D eigenvalue weighted by Crippen LogP contribution is -2.41. The molecule has 1 fully saturated rings. The highest BCUT2D eigenvalue weighted by Gasteiger charge is 2.24. The number of anilines is 1. The van der Waals surface area contributed by atoms with Gasteiger partial charge in [-0.25, -0.2) is 0 Å². The van der Waals surface area contributed by atoms with Crippen LogP contribution in [0.1, 0.15) is 32.3 Å². The van der Waals surface area contributed by atoms with Crippen LogP contribution in [-0.2, 0) is 6.54 Å². The lowest BCUT2D eigenvalue weighted by molar-refractivity contribution is 0.390. The smallest absolute Gasteiger partial charge is 0.0415 e. The van der Waals surface area contributed by atoms with Gasteiger partial charge in [-0.1, -0.05) is 22.9 Å². The van der Waals surface area contributed by atoms with E-state index >= 15 is 0 Å². The minimum Gasteiger partial charge on any atom is -0.368 e. The molecule has 0 aromatic heterocycles. The highest BCUT2D eigenvalue weighted by molar-refractivity contribution is 9.10. The molecule has 0 saturated carbocycles. The minimum absolute atomic E-state index is 0.604. The molecule has 2 atom stereocenters. The van der Waals surface area contributed by atoms with Crippen LogP contribution in [-0.4, -0.2) is 12.6 Å². The van der Waals surface area contributed by atoms with Gasteiger partial charge in [0.05, 0.1) is 0 Å². The van der Waals surface area contributed by atoms with Crippen molar-refractivity contribution in [3.63, 3.8) is 0 Å². The van der Waals surface area contributed by atoms with E-state index in [0.717, 1.165) is 16.9 Å². The van der Waals surface area contributed by atoms with Crippen molar-refractivity contribution in [1.29, 1.82) is 0 Å². The van der Waals surface area contributed by atoms with Crippen LogP contribution in [0.2, 0.25) is 0 Å². The molecule has 1 aliphatic rings. The van der Waals surface area contributed by atoms with Gasteiger partial charge in [0.1, 0.15) is 0 Å². The fourth-order valence-corrected chi connectivity index (χ4v) is 3.03. The molecule has 2 unspecified atom stereocenters. The van der Waals surface area contributed by atoms with Crippen LogP contribution in [0.5, 0.6) is 0 Å². The van der Waals surface area contributed by atoms with Crippen LogP contribution < -0.4 is 10.6 Å². The molecule has 94 valence electrons. The second kappa shape index (κ2) is 5.40. The lowest BCUT2D eigenvalue weighted by atomic mass is 9.94. The Morgan fingerprint density at radius 1 is 1.35 bits per heavy atom. The SMILES string of the molecule is CC1CCC(C)N(c2ccc(Br)cc2CN)C1. The van der Waals surface area contributed by atoms with Gasteiger partial charge in [0.25, 0.3) is 0 Å².